The van der Waals surface area contributed by atoms with Gasteiger partial charge >= 0.3 is 0 Å². The van der Waals surface area contributed by atoms with Crippen molar-refractivity contribution in [2.24, 2.45) is 0 Å². The lowest BCUT2D eigenvalue weighted by Crippen LogP contribution is -2.40. The molecule has 0 radical (unpaired) electrons. The molecule has 0 bridgehead atoms. The van der Waals surface area contributed by atoms with Gasteiger partial charge in [-0.25, -0.2) is 12.8 Å². The molecule has 1 aromatic carbocycles. The Hall–Kier alpha value is -0.650. The van der Waals surface area contributed by atoms with E-state index < -0.39 is 26.0 Å². The van der Waals surface area contributed by atoms with Gasteiger partial charge in [0, 0.05) is 11.3 Å². The van der Waals surface area contributed by atoms with Crippen LogP contribution >= 0.6 is 11.6 Å². The summed E-state index contributed by atoms with van der Waals surface area (Å²) in [6.07, 6.45) is -1.62. The molecule has 0 saturated carbocycles. The molecular formula is C12H16ClFO3S. The molecule has 0 spiro atoms. The van der Waals surface area contributed by atoms with E-state index in [4.69, 9.17) is 11.6 Å². The highest BCUT2D eigenvalue weighted by atomic mass is 35.5. The summed E-state index contributed by atoms with van der Waals surface area (Å²) in [6.45, 7) is 2.99. The van der Waals surface area contributed by atoms with E-state index >= 15 is 0 Å². The Bertz CT molecular complexity index is 518. The Morgan fingerprint density at radius 3 is 2.39 bits per heavy atom. The third-order valence-corrected chi connectivity index (χ3v) is 6.47. The van der Waals surface area contributed by atoms with Crippen molar-refractivity contribution in [1.29, 1.82) is 0 Å². The number of benzene rings is 1. The molecule has 1 aromatic rings. The quantitative estimate of drug-likeness (QED) is 0.850. The van der Waals surface area contributed by atoms with Gasteiger partial charge in [0.2, 0.25) is 0 Å². The third kappa shape index (κ3) is 2.53. The highest BCUT2D eigenvalue weighted by molar-refractivity contribution is 7.94. The van der Waals surface area contributed by atoms with Crippen molar-refractivity contribution in [3.63, 3.8) is 0 Å². The second-order valence-corrected chi connectivity index (χ2v) is 7.40. The van der Waals surface area contributed by atoms with E-state index in [2.05, 4.69) is 0 Å². The summed E-state index contributed by atoms with van der Waals surface area (Å²) in [5.74, 6) is -0.884. The van der Waals surface area contributed by atoms with Gasteiger partial charge in [-0.2, -0.15) is 0 Å². The van der Waals surface area contributed by atoms with Crippen LogP contribution in [-0.4, -0.2) is 23.5 Å². The predicted molar refractivity (Wildman–Crippen MR) is 69.7 cm³/mol. The van der Waals surface area contributed by atoms with E-state index in [0.29, 0.717) is 0 Å². The van der Waals surface area contributed by atoms with Crippen molar-refractivity contribution in [2.45, 2.75) is 30.6 Å². The van der Waals surface area contributed by atoms with Gasteiger partial charge in [0.15, 0.2) is 14.0 Å². The van der Waals surface area contributed by atoms with Crippen LogP contribution in [0.1, 0.15) is 31.9 Å². The van der Waals surface area contributed by atoms with Crippen LogP contribution in [0, 0.1) is 5.82 Å². The Morgan fingerprint density at radius 1 is 1.39 bits per heavy atom. The van der Waals surface area contributed by atoms with Crippen LogP contribution in [0.15, 0.2) is 24.3 Å². The van der Waals surface area contributed by atoms with Gasteiger partial charge in [-0.3, -0.25) is 0 Å². The Morgan fingerprint density at radius 2 is 1.94 bits per heavy atom. The molecule has 0 fully saturated rings. The van der Waals surface area contributed by atoms with Crippen molar-refractivity contribution >= 4 is 21.4 Å². The van der Waals surface area contributed by atoms with Gasteiger partial charge in [0.25, 0.3) is 0 Å². The molecule has 3 nitrogen and oxygen atoms in total. The fourth-order valence-electron chi connectivity index (χ4n) is 1.75. The second kappa shape index (κ2) is 5.55. The maximum absolute atomic E-state index is 13.6. The average Bonchev–Trinajstić information content (AvgIpc) is 2.37. The van der Waals surface area contributed by atoms with Gasteiger partial charge in [-0.05, 0) is 12.5 Å². The zero-order valence-corrected chi connectivity index (χ0v) is 11.8. The lowest BCUT2D eigenvalue weighted by atomic mass is 10.0. The summed E-state index contributed by atoms with van der Waals surface area (Å²) in [7, 11) is -3.73. The summed E-state index contributed by atoms with van der Waals surface area (Å²) in [5.41, 5.74) is -0.105. The highest BCUT2D eigenvalue weighted by Gasteiger charge is 2.47. The molecule has 0 aliphatic carbocycles. The van der Waals surface area contributed by atoms with E-state index in [0.717, 1.165) is 6.07 Å². The van der Waals surface area contributed by atoms with Crippen LogP contribution < -0.4 is 0 Å². The number of sulfone groups is 1. The number of hydrogen-bond donors (Lipinski definition) is 1. The fraction of sp³-hybridized carbons (Fsp3) is 0.500. The van der Waals surface area contributed by atoms with Crippen molar-refractivity contribution in [2.75, 3.05) is 5.75 Å². The van der Waals surface area contributed by atoms with Gasteiger partial charge in [-0.1, -0.05) is 43.6 Å². The third-order valence-electron chi connectivity index (χ3n) is 2.99. The minimum Gasteiger partial charge on any atom is -0.385 e. The highest BCUT2D eigenvalue weighted by Crippen LogP contribution is 2.40. The van der Waals surface area contributed by atoms with E-state index in [9.17, 15) is 17.9 Å². The Balaban J connectivity index is 3.31. The van der Waals surface area contributed by atoms with Gasteiger partial charge in [-0.15, -0.1) is 0 Å². The second-order valence-electron chi connectivity index (χ2n) is 3.97. The molecule has 0 aromatic heterocycles. The monoisotopic (exact) mass is 294 g/mol. The summed E-state index contributed by atoms with van der Waals surface area (Å²) in [6, 6.07) is 5.47. The molecule has 6 heteroatoms. The van der Waals surface area contributed by atoms with Crippen LogP contribution in [0.3, 0.4) is 0 Å². The van der Waals surface area contributed by atoms with Gasteiger partial charge in [0.1, 0.15) is 11.9 Å². The molecule has 2 atom stereocenters. The van der Waals surface area contributed by atoms with Crippen molar-refractivity contribution in [3.8, 4) is 0 Å². The lowest BCUT2D eigenvalue weighted by molar-refractivity contribution is 0.150. The standard InChI is InChI=1S/C12H16ClFO3S/c1-3-12(13,18(16,17)4-2)11(15)9-7-5-6-8-10(9)14/h5-8,11,15H,3-4H2,1-2H3. The largest absolute Gasteiger partial charge is 0.385 e. The molecular weight excluding hydrogens is 279 g/mol. The smallest absolute Gasteiger partial charge is 0.175 e. The van der Waals surface area contributed by atoms with Gasteiger partial charge < -0.3 is 5.11 Å². The molecule has 0 aliphatic heterocycles. The van der Waals surface area contributed by atoms with Gasteiger partial charge in [0.05, 0.1) is 0 Å². The number of aliphatic hydroxyl groups is 1. The van der Waals surface area contributed by atoms with Crippen molar-refractivity contribution in [1.82, 2.24) is 0 Å². The first-order chi connectivity index (χ1) is 8.30. The maximum Gasteiger partial charge on any atom is 0.175 e. The molecule has 1 N–H and O–H groups in total. The zero-order valence-electron chi connectivity index (χ0n) is 10.2. The predicted octanol–water partition coefficient (Wildman–Crippen LogP) is 2.64. The first-order valence-corrected chi connectivity index (χ1v) is 7.66. The van der Waals surface area contributed by atoms with E-state index in [1.165, 1.54) is 25.1 Å². The van der Waals surface area contributed by atoms with Crippen molar-refractivity contribution in [3.05, 3.63) is 35.6 Å². The molecule has 1 rings (SSSR count). The Kier molecular flexibility index (Phi) is 4.75. The number of hydrogen-bond acceptors (Lipinski definition) is 3. The molecule has 0 heterocycles. The number of rotatable bonds is 5. The number of halogens is 2. The summed E-state index contributed by atoms with van der Waals surface area (Å²) in [4.78, 5) is 0. The Labute approximate surface area is 112 Å². The topological polar surface area (TPSA) is 54.4 Å². The summed E-state index contributed by atoms with van der Waals surface area (Å²) < 4.78 is 35.6. The molecule has 2 unspecified atom stereocenters. The normalized spacial score (nSPS) is 17.2. The van der Waals surface area contributed by atoms with E-state index in [1.807, 2.05) is 0 Å². The first-order valence-electron chi connectivity index (χ1n) is 5.63. The maximum atomic E-state index is 13.6. The molecule has 0 aliphatic rings. The average molecular weight is 295 g/mol. The van der Waals surface area contributed by atoms with Crippen LogP contribution in [0.25, 0.3) is 0 Å². The molecule has 18 heavy (non-hydrogen) atoms. The molecule has 0 saturated heterocycles. The minimum absolute atomic E-state index is 0.0137. The number of aliphatic hydroxyl groups excluding tert-OH is 1. The van der Waals surface area contributed by atoms with Crippen LogP contribution in [0.5, 0.6) is 0 Å². The lowest BCUT2D eigenvalue weighted by Gasteiger charge is -2.30. The number of alkyl halides is 1. The summed E-state index contributed by atoms with van der Waals surface area (Å²) in [5, 5.41) is 10.1. The molecule has 102 valence electrons. The van der Waals surface area contributed by atoms with Crippen LogP contribution in [0.4, 0.5) is 4.39 Å². The van der Waals surface area contributed by atoms with Crippen LogP contribution in [-0.2, 0) is 9.84 Å². The first kappa shape index (κ1) is 15.4. The van der Waals surface area contributed by atoms with E-state index in [1.54, 1.807) is 6.92 Å². The minimum atomic E-state index is -3.73. The zero-order chi connectivity index (χ0) is 14.0. The van der Waals surface area contributed by atoms with Crippen molar-refractivity contribution < 1.29 is 17.9 Å². The fourth-order valence-corrected chi connectivity index (χ4v) is 3.58. The van der Waals surface area contributed by atoms with E-state index in [-0.39, 0.29) is 17.7 Å². The molecule has 0 amide bonds. The summed E-state index contributed by atoms with van der Waals surface area (Å²) >= 11 is 6.07. The SMILES string of the molecule is CCC(Cl)(C(O)c1ccccc1F)S(=O)(=O)CC. The van der Waals surface area contributed by atoms with Crippen LogP contribution in [0.2, 0.25) is 0 Å².